The van der Waals surface area contributed by atoms with Gasteiger partial charge < -0.3 is 9.80 Å². The zero-order valence-electron chi connectivity index (χ0n) is 13.0. The number of anilines is 1. The lowest BCUT2D eigenvalue weighted by Crippen LogP contribution is -2.44. The summed E-state index contributed by atoms with van der Waals surface area (Å²) in [7, 11) is 2.17. The lowest BCUT2D eigenvalue weighted by molar-refractivity contribution is 0.313. The van der Waals surface area contributed by atoms with Crippen LogP contribution in [0.1, 0.15) is 0 Å². The van der Waals surface area contributed by atoms with Crippen LogP contribution >= 0.6 is 11.6 Å². The fourth-order valence-corrected chi connectivity index (χ4v) is 3.10. The molecular weight excluding hydrogens is 310 g/mol. The third-order valence-electron chi connectivity index (χ3n) is 4.38. The van der Waals surface area contributed by atoms with E-state index >= 15 is 0 Å². The molecule has 5 nitrogen and oxygen atoms in total. The van der Waals surface area contributed by atoms with Gasteiger partial charge in [-0.15, -0.1) is 0 Å². The van der Waals surface area contributed by atoms with Crippen molar-refractivity contribution < 1.29 is 0 Å². The summed E-state index contributed by atoms with van der Waals surface area (Å²) < 4.78 is 1.75. The summed E-state index contributed by atoms with van der Waals surface area (Å²) in [5.41, 5.74) is 4.15. The topological polar surface area (TPSA) is 36.7 Å². The van der Waals surface area contributed by atoms with Gasteiger partial charge in [0.1, 0.15) is 5.15 Å². The van der Waals surface area contributed by atoms with Crippen molar-refractivity contribution in [2.45, 2.75) is 0 Å². The van der Waals surface area contributed by atoms with Gasteiger partial charge in [-0.3, -0.25) is 0 Å². The van der Waals surface area contributed by atoms with Crippen molar-refractivity contribution >= 4 is 22.9 Å². The largest absolute Gasteiger partial charge is 0.369 e. The molecule has 1 aliphatic heterocycles. The molecule has 0 aliphatic carbocycles. The summed E-state index contributed by atoms with van der Waals surface area (Å²) in [5, 5.41) is 4.82. The first-order chi connectivity index (χ1) is 11.2. The molecule has 0 N–H and O–H groups in total. The molecule has 0 unspecified atom stereocenters. The van der Waals surface area contributed by atoms with Gasteiger partial charge in [0.25, 0.3) is 0 Å². The van der Waals surface area contributed by atoms with Gasteiger partial charge in [0, 0.05) is 43.6 Å². The van der Waals surface area contributed by atoms with Crippen LogP contribution in [-0.2, 0) is 0 Å². The van der Waals surface area contributed by atoms with Crippen LogP contribution in [0.15, 0.2) is 42.7 Å². The molecule has 118 valence electrons. The number of rotatable bonds is 2. The molecule has 1 fully saturated rings. The Bertz CT molecular complexity index is 819. The van der Waals surface area contributed by atoms with Crippen molar-refractivity contribution in [3.05, 3.63) is 47.9 Å². The first-order valence-electron chi connectivity index (χ1n) is 7.74. The Labute approximate surface area is 140 Å². The van der Waals surface area contributed by atoms with E-state index in [1.165, 1.54) is 5.69 Å². The number of likely N-dealkylation sites (N-methyl/N-ethyl adjacent to an activating group) is 1. The third-order valence-corrected chi connectivity index (χ3v) is 4.59. The number of benzene rings is 1. The number of fused-ring (bicyclic) bond motifs is 1. The van der Waals surface area contributed by atoms with Crippen LogP contribution in [0.4, 0.5) is 5.69 Å². The van der Waals surface area contributed by atoms with Gasteiger partial charge in [-0.1, -0.05) is 23.7 Å². The van der Waals surface area contributed by atoms with Crippen molar-refractivity contribution in [1.29, 1.82) is 0 Å². The van der Waals surface area contributed by atoms with Crippen LogP contribution in [0.5, 0.6) is 0 Å². The molecular formula is C17H18ClN5. The monoisotopic (exact) mass is 327 g/mol. The molecule has 0 saturated carbocycles. The van der Waals surface area contributed by atoms with Gasteiger partial charge in [0.15, 0.2) is 5.65 Å². The average molecular weight is 328 g/mol. The number of hydrogen-bond acceptors (Lipinski definition) is 4. The van der Waals surface area contributed by atoms with Crippen molar-refractivity contribution in [3.8, 4) is 11.1 Å². The molecule has 0 bridgehead atoms. The minimum absolute atomic E-state index is 0.480. The summed E-state index contributed by atoms with van der Waals surface area (Å²) in [4.78, 5) is 9.17. The van der Waals surface area contributed by atoms with Crippen molar-refractivity contribution in [2.24, 2.45) is 0 Å². The normalized spacial score (nSPS) is 16.2. The van der Waals surface area contributed by atoms with Gasteiger partial charge in [-0.05, 0) is 30.8 Å². The molecule has 0 atom stereocenters. The zero-order valence-corrected chi connectivity index (χ0v) is 13.7. The third kappa shape index (κ3) is 2.78. The molecule has 0 radical (unpaired) electrons. The first-order valence-corrected chi connectivity index (χ1v) is 8.12. The molecule has 3 heterocycles. The standard InChI is InChI=1S/C17H18ClN5/c1-21-8-10-22(11-9-21)14-4-2-13(3-5-14)15-12-19-23-7-6-16(18)20-17(15)23/h2-7,12H,8-11H2,1H3. The summed E-state index contributed by atoms with van der Waals surface area (Å²) in [6.45, 7) is 4.36. The van der Waals surface area contributed by atoms with Crippen LogP contribution in [0, 0.1) is 0 Å². The first kappa shape index (κ1) is 14.5. The average Bonchev–Trinajstić information content (AvgIpc) is 2.99. The van der Waals surface area contributed by atoms with Crippen LogP contribution in [-0.4, -0.2) is 52.7 Å². The Morgan fingerprint density at radius 1 is 1.00 bits per heavy atom. The van der Waals surface area contributed by atoms with E-state index in [2.05, 4.69) is 51.2 Å². The van der Waals surface area contributed by atoms with E-state index in [1.54, 1.807) is 10.6 Å². The van der Waals surface area contributed by atoms with Gasteiger partial charge >= 0.3 is 0 Å². The van der Waals surface area contributed by atoms with Crippen molar-refractivity contribution in [3.63, 3.8) is 0 Å². The molecule has 1 saturated heterocycles. The second-order valence-electron chi connectivity index (χ2n) is 5.91. The predicted octanol–water partition coefficient (Wildman–Crippen LogP) is 2.80. The van der Waals surface area contributed by atoms with E-state index in [0.29, 0.717) is 5.15 Å². The maximum Gasteiger partial charge on any atom is 0.164 e. The highest BCUT2D eigenvalue weighted by Gasteiger charge is 2.15. The minimum Gasteiger partial charge on any atom is -0.369 e. The van der Waals surface area contributed by atoms with E-state index in [4.69, 9.17) is 11.6 Å². The fourth-order valence-electron chi connectivity index (χ4n) is 2.97. The van der Waals surface area contributed by atoms with Crippen LogP contribution in [0.3, 0.4) is 0 Å². The maximum atomic E-state index is 6.01. The number of nitrogens with zero attached hydrogens (tertiary/aromatic N) is 5. The SMILES string of the molecule is CN1CCN(c2ccc(-c3cnn4ccc(Cl)nc34)cc2)CC1. The molecule has 6 heteroatoms. The van der Waals surface area contributed by atoms with Crippen molar-refractivity contribution in [1.82, 2.24) is 19.5 Å². The number of halogens is 1. The molecule has 23 heavy (non-hydrogen) atoms. The quantitative estimate of drug-likeness (QED) is 0.678. The molecule has 2 aromatic heterocycles. The predicted molar refractivity (Wildman–Crippen MR) is 93.1 cm³/mol. The van der Waals surface area contributed by atoms with Gasteiger partial charge in [0.2, 0.25) is 0 Å². The van der Waals surface area contributed by atoms with E-state index in [1.807, 2.05) is 12.4 Å². The number of hydrogen-bond donors (Lipinski definition) is 0. The minimum atomic E-state index is 0.480. The maximum absolute atomic E-state index is 6.01. The summed E-state index contributed by atoms with van der Waals surface area (Å²) in [6.07, 6.45) is 3.66. The number of piperazine rings is 1. The second kappa shape index (κ2) is 5.83. The molecule has 0 amide bonds. The number of aromatic nitrogens is 3. The van der Waals surface area contributed by atoms with Crippen molar-refractivity contribution in [2.75, 3.05) is 38.1 Å². The van der Waals surface area contributed by atoms with Gasteiger partial charge in [-0.25, -0.2) is 9.50 Å². The highest BCUT2D eigenvalue weighted by molar-refractivity contribution is 6.29. The van der Waals surface area contributed by atoms with Crippen LogP contribution < -0.4 is 4.90 Å². The lowest BCUT2D eigenvalue weighted by Gasteiger charge is -2.34. The highest BCUT2D eigenvalue weighted by atomic mass is 35.5. The Morgan fingerprint density at radius 2 is 1.74 bits per heavy atom. The Kier molecular flexibility index (Phi) is 3.67. The van der Waals surface area contributed by atoms with Crippen LogP contribution in [0.25, 0.3) is 16.8 Å². The fraction of sp³-hybridized carbons (Fsp3) is 0.294. The van der Waals surface area contributed by atoms with Gasteiger partial charge in [-0.2, -0.15) is 5.10 Å². The Balaban J connectivity index is 1.63. The molecule has 1 aliphatic rings. The molecule has 3 aromatic rings. The smallest absolute Gasteiger partial charge is 0.164 e. The summed E-state index contributed by atoms with van der Waals surface area (Å²) in [6, 6.07) is 10.4. The van der Waals surface area contributed by atoms with E-state index in [0.717, 1.165) is 43.0 Å². The van der Waals surface area contributed by atoms with E-state index in [9.17, 15) is 0 Å². The summed E-state index contributed by atoms with van der Waals surface area (Å²) >= 11 is 6.01. The molecule has 0 spiro atoms. The summed E-state index contributed by atoms with van der Waals surface area (Å²) in [5.74, 6) is 0. The molecule has 1 aromatic carbocycles. The van der Waals surface area contributed by atoms with Gasteiger partial charge in [0.05, 0.1) is 6.20 Å². The second-order valence-corrected chi connectivity index (χ2v) is 6.30. The Hall–Kier alpha value is -2.11. The van der Waals surface area contributed by atoms with Crippen LogP contribution in [0.2, 0.25) is 5.15 Å². The Morgan fingerprint density at radius 3 is 2.48 bits per heavy atom. The van der Waals surface area contributed by atoms with E-state index < -0.39 is 0 Å². The van der Waals surface area contributed by atoms with E-state index in [-0.39, 0.29) is 0 Å². The highest BCUT2D eigenvalue weighted by Crippen LogP contribution is 2.27. The zero-order chi connectivity index (χ0) is 15.8. The molecule has 4 rings (SSSR count). The lowest BCUT2D eigenvalue weighted by atomic mass is 10.1.